The van der Waals surface area contributed by atoms with E-state index in [-0.39, 0.29) is 12.5 Å². The molecule has 0 saturated carbocycles. The van der Waals surface area contributed by atoms with Gasteiger partial charge in [-0.05, 0) is 37.2 Å². The largest absolute Gasteiger partial charge is 0.467 e. The number of rotatable bonds is 12. The number of benzene rings is 1. The van der Waals surface area contributed by atoms with Crippen LogP contribution in [0.5, 0.6) is 0 Å². The first-order valence-corrected chi connectivity index (χ1v) is 10.1. The molecule has 30 heavy (non-hydrogen) atoms. The van der Waals surface area contributed by atoms with Crippen LogP contribution in [0.2, 0.25) is 0 Å². The zero-order valence-electron chi connectivity index (χ0n) is 17.8. The van der Waals surface area contributed by atoms with Gasteiger partial charge in [-0.2, -0.15) is 5.26 Å². The van der Waals surface area contributed by atoms with Gasteiger partial charge in [0.25, 0.3) is 0 Å². The molecule has 164 valence electrons. The Bertz CT molecular complexity index is 715. The van der Waals surface area contributed by atoms with Crippen LogP contribution in [-0.2, 0) is 25.7 Å². The van der Waals surface area contributed by atoms with E-state index in [2.05, 4.69) is 10.6 Å². The molecular weight excluding hydrogens is 386 g/mol. The lowest BCUT2D eigenvalue weighted by Gasteiger charge is -2.23. The number of nitrogens with one attached hydrogen (secondary N) is 2. The average Bonchev–Trinajstić information content (AvgIpc) is 2.73. The van der Waals surface area contributed by atoms with Crippen LogP contribution >= 0.6 is 0 Å². The van der Waals surface area contributed by atoms with Crippen molar-refractivity contribution in [1.82, 2.24) is 10.6 Å². The van der Waals surface area contributed by atoms with E-state index in [0.29, 0.717) is 32.1 Å². The van der Waals surface area contributed by atoms with Crippen molar-refractivity contribution in [3.8, 4) is 6.07 Å². The summed E-state index contributed by atoms with van der Waals surface area (Å²) in [5, 5.41) is 13.9. The molecule has 1 aromatic carbocycles. The predicted octanol–water partition coefficient (Wildman–Crippen LogP) is 3.07. The van der Waals surface area contributed by atoms with Gasteiger partial charge in [0, 0.05) is 6.42 Å². The van der Waals surface area contributed by atoms with Gasteiger partial charge in [-0.25, -0.2) is 9.59 Å². The molecule has 1 aromatic rings. The van der Waals surface area contributed by atoms with Crippen LogP contribution < -0.4 is 10.6 Å². The highest BCUT2D eigenvalue weighted by molar-refractivity contribution is 5.89. The Morgan fingerprint density at radius 3 is 2.37 bits per heavy atom. The summed E-state index contributed by atoms with van der Waals surface area (Å²) in [5.74, 6) is -0.909. The summed E-state index contributed by atoms with van der Waals surface area (Å²) >= 11 is 0. The number of nitriles is 1. The molecule has 8 nitrogen and oxygen atoms in total. The molecule has 0 aromatic heterocycles. The van der Waals surface area contributed by atoms with E-state index in [4.69, 9.17) is 14.7 Å². The summed E-state index contributed by atoms with van der Waals surface area (Å²) in [7, 11) is 1.25. The number of ether oxygens (including phenoxy) is 2. The van der Waals surface area contributed by atoms with E-state index in [1.54, 1.807) is 0 Å². The van der Waals surface area contributed by atoms with Gasteiger partial charge < -0.3 is 20.1 Å². The maximum absolute atomic E-state index is 12.8. The van der Waals surface area contributed by atoms with Gasteiger partial charge >= 0.3 is 12.1 Å². The van der Waals surface area contributed by atoms with Gasteiger partial charge in [0.1, 0.15) is 18.7 Å². The lowest BCUT2D eigenvalue weighted by atomic mass is 10.0. The Kier molecular flexibility index (Phi) is 11.6. The van der Waals surface area contributed by atoms with Gasteiger partial charge in [-0.3, -0.25) is 4.79 Å². The number of esters is 1. The maximum atomic E-state index is 12.8. The Labute approximate surface area is 177 Å². The van der Waals surface area contributed by atoms with E-state index < -0.39 is 30.1 Å². The van der Waals surface area contributed by atoms with Crippen LogP contribution in [0.25, 0.3) is 0 Å². The van der Waals surface area contributed by atoms with Crippen molar-refractivity contribution in [3.63, 3.8) is 0 Å². The molecule has 0 radical (unpaired) electrons. The number of alkyl carbamates (subject to hydrolysis) is 1. The van der Waals surface area contributed by atoms with Gasteiger partial charge in [0.15, 0.2) is 0 Å². The summed E-state index contributed by atoms with van der Waals surface area (Å²) in [4.78, 5) is 37.0. The predicted molar refractivity (Wildman–Crippen MR) is 111 cm³/mol. The minimum absolute atomic E-state index is 0.0897. The van der Waals surface area contributed by atoms with Crippen molar-refractivity contribution in [3.05, 3.63) is 35.9 Å². The third-order valence-electron chi connectivity index (χ3n) is 4.36. The van der Waals surface area contributed by atoms with Gasteiger partial charge in [-0.15, -0.1) is 0 Å². The van der Waals surface area contributed by atoms with Gasteiger partial charge in [0.05, 0.1) is 13.2 Å². The molecule has 2 amide bonds. The number of methoxy groups -OCH3 is 1. The Balaban J connectivity index is 2.69. The topological polar surface area (TPSA) is 118 Å². The lowest BCUT2D eigenvalue weighted by molar-refractivity contribution is -0.145. The smallest absolute Gasteiger partial charge is 0.408 e. The number of carbonyl (C=O) groups excluding carboxylic acids is 3. The molecule has 1 rings (SSSR count). The van der Waals surface area contributed by atoms with Gasteiger partial charge in [-0.1, -0.05) is 44.2 Å². The second kappa shape index (κ2) is 14.0. The third kappa shape index (κ3) is 9.92. The first kappa shape index (κ1) is 25.0. The monoisotopic (exact) mass is 417 g/mol. The van der Waals surface area contributed by atoms with E-state index in [0.717, 1.165) is 5.56 Å². The fraction of sp³-hybridized carbons (Fsp3) is 0.545. The number of hydrogen-bond acceptors (Lipinski definition) is 6. The minimum atomic E-state index is -0.848. The van der Waals surface area contributed by atoms with Gasteiger partial charge in [0.2, 0.25) is 5.91 Å². The summed E-state index contributed by atoms with van der Waals surface area (Å²) in [5.41, 5.74) is 0.834. The van der Waals surface area contributed by atoms with Crippen LogP contribution in [0.4, 0.5) is 4.79 Å². The second-order valence-electron chi connectivity index (χ2n) is 7.38. The Morgan fingerprint density at radius 2 is 1.77 bits per heavy atom. The second-order valence-corrected chi connectivity index (χ2v) is 7.38. The zero-order chi connectivity index (χ0) is 22.4. The highest BCUT2D eigenvalue weighted by Crippen LogP contribution is 2.09. The van der Waals surface area contributed by atoms with E-state index in [1.165, 1.54) is 7.11 Å². The molecule has 0 unspecified atom stereocenters. The molecule has 0 spiro atoms. The molecule has 0 bridgehead atoms. The van der Waals surface area contributed by atoms with Crippen molar-refractivity contribution in [2.45, 2.75) is 64.6 Å². The van der Waals surface area contributed by atoms with E-state index >= 15 is 0 Å². The van der Waals surface area contributed by atoms with Crippen molar-refractivity contribution in [1.29, 1.82) is 5.26 Å². The van der Waals surface area contributed by atoms with Crippen molar-refractivity contribution in [2.24, 2.45) is 5.92 Å². The van der Waals surface area contributed by atoms with Crippen LogP contribution in [-0.4, -0.2) is 37.2 Å². The number of carbonyl (C=O) groups is 3. The number of hydrogen-bond donors (Lipinski definition) is 2. The quantitative estimate of drug-likeness (QED) is 0.399. The molecule has 2 N–H and O–H groups in total. The molecule has 0 aliphatic carbocycles. The number of nitrogens with zero attached hydrogens (tertiary/aromatic N) is 1. The SMILES string of the molecule is COC(=O)[C@@H](CCCCC#N)NC(=O)[C@H](CC(C)C)NC(=O)OCc1ccccc1. The van der Waals surface area contributed by atoms with Crippen LogP contribution in [0.3, 0.4) is 0 Å². The summed E-state index contributed by atoms with van der Waals surface area (Å²) < 4.78 is 9.97. The fourth-order valence-electron chi connectivity index (χ4n) is 2.83. The van der Waals surface area contributed by atoms with E-state index in [9.17, 15) is 14.4 Å². The van der Waals surface area contributed by atoms with Crippen LogP contribution in [0.1, 0.15) is 51.5 Å². The third-order valence-corrected chi connectivity index (χ3v) is 4.36. The van der Waals surface area contributed by atoms with E-state index in [1.807, 2.05) is 50.2 Å². The Morgan fingerprint density at radius 1 is 1.07 bits per heavy atom. The zero-order valence-corrected chi connectivity index (χ0v) is 17.8. The molecule has 0 aliphatic heterocycles. The van der Waals surface area contributed by atoms with Crippen LogP contribution in [0, 0.1) is 17.2 Å². The molecule has 0 fully saturated rings. The lowest BCUT2D eigenvalue weighted by Crippen LogP contribution is -2.52. The molecule has 2 atom stereocenters. The molecule has 0 aliphatic rings. The number of amides is 2. The Hall–Kier alpha value is -3.08. The minimum Gasteiger partial charge on any atom is -0.467 e. The summed E-state index contributed by atoms with van der Waals surface area (Å²) in [6, 6.07) is 9.58. The van der Waals surface area contributed by atoms with Crippen molar-refractivity contribution >= 4 is 18.0 Å². The molecule has 0 heterocycles. The van der Waals surface area contributed by atoms with Crippen LogP contribution in [0.15, 0.2) is 30.3 Å². The maximum Gasteiger partial charge on any atom is 0.408 e. The highest BCUT2D eigenvalue weighted by Gasteiger charge is 2.28. The molecule has 0 saturated heterocycles. The average molecular weight is 418 g/mol. The first-order valence-electron chi connectivity index (χ1n) is 10.1. The molecular formula is C22H31N3O5. The number of unbranched alkanes of at least 4 members (excludes halogenated alkanes) is 2. The summed E-state index contributed by atoms with van der Waals surface area (Å²) in [6.07, 6.45) is 1.63. The highest BCUT2D eigenvalue weighted by atomic mass is 16.5. The van der Waals surface area contributed by atoms with Crippen molar-refractivity contribution < 1.29 is 23.9 Å². The standard InChI is InChI=1S/C22H31N3O5/c1-16(2)14-19(25-22(28)30-15-17-10-6-4-7-11-17)20(26)24-18(21(27)29-3)12-8-5-9-13-23/h4,6-7,10-11,16,18-19H,5,8-9,12,14-15H2,1-3H3,(H,24,26)(H,25,28)/t18-,19+/m1/s1. The fourth-order valence-corrected chi connectivity index (χ4v) is 2.83. The normalized spacial score (nSPS) is 12.4. The first-order chi connectivity index (χ1) is 14.4. The summed E-state index contributed by atoms with van der Waals surface area (Å²) in [6.45, 7) is 3.94. The van der Waals surface area contributed by atoms with Crippen molar-refractivity contribution in [2.75, 3.05) is 7.11 Å². The molecule has 8 heteroatoms.